The van der Waals surface area contributed by atoms with E-state index >= 15 is 0 Å². The average Bonchev–Trinajstić information content (AvgIpc) is 3.04. The van der Waals surface area contributed by atoms with Crippen LogP contribution in [0.5, 0.6) is 5.75 Å². The van der Waals surface area contributed by atoms with Crippen molar-refractivity contribution in [2.75, 3.05) is 11.9 Å². The Morgan fingerprint density at radius 2 is 2.17 bits per heavy atom. The summed E-state index contributed by atoms with van der Waals surface area (Å²) in [7, 11) is 0. The summed E-state index contributed by atoms with van der Waals surface area (Å²) in [6.45, 7) is 6.28. The maximum Gasteiger partial charge on any atom is 0.319 e. The van der Waals surface area contributed by atoms with Gasteiger partial charge < -0.3 is 24.9 Å². The molecule has 1 aromatic carbocycles. The smallest absolute Gasteiger partial charge is 0.319 e. The highest BCUT2D eigenvalue weighted by atomic mass is 16.5. The van der Waals surface area contributed by atoms with Crippen LogP contribution in [0.1, 0.15) is 37.7 Å². The van der Waals surface area contributed by atoms with Crippen molar-refractivity contribution in [3.05, 3.63) is 47.9 Å². The third kappa shape index (κ3) is 5.03. The molecule has 2 unspecified atom stereocenters. The Labute approximate surface area is 141 Å². The number of carbonyl (C=O) groups excluding carboxylic acids is 1. The number of nitrogens with one attached hydrogen (secondary N) is 2. The lowest BCUT2D eigenvalue weighted by molar-refractivity contribution is 0.130. The molecule has 3 N–H and O–H groups in total. The minimum Gasteiger partial charge on any atom is -0.494 e. The van der Waals surface area contributed by atoms with Gasteiger partial charge in [0, 0.05) is 18.2 Å². The Morgan fingerprint density at radius 3 is 2.79 bits per heavy atom. The van der Waals surface area contributed by atoms with Gasteiger partial charge in [-0.15, -0.1) is 0 Å². The second-order valence-corrected chi connectivity index (χ2v) is 5.68. The van der Waals surface area contributed by atoms with Gasteiger partial charge in [-0.3, -0.25) is 0 Å². The molecule has 0 fully saturated rings. The molecule has 0 aliphatic rings. The molecule has 1 aromatic heterocycles. The molecule has 0 saturated heterocycles. The van der Waals surface area contributed by atoms with E-state index in [1.54, 1.807) is 18.2 Å². The van der Waals surface area contributed by atoms with E-state index < -0.39 is 6.10 Å². The molecule has 2 aromatic rings. The van der Waals surface area contributed by atoms with Gasteiger partial charge in [0.1, 0.15) is 17.6 Å². The van der Waals surface area contributed by atoms with Gasteiger partial charge in [-0.2, -0.15) is 0 Å². The van der Waals surface area contributed by atoms with Crippen LogP contribution in [0.15, 0.2) is 41.0 Å². The van der Waals surface area contributed by atoms with E-state index in [4.69, 9.17) is 9.15 Å². The fourth-order valence-corrected chi connectivity index (χ4v) is 2.43. The van der Waals surface area contributed by atoms with Crippen molar-refractivity contribution in [2.24, 2.45) is 0 Å². The first-order valence-electron chi connectivity index (χ1n) is 8.02. The predicted octanol–water partition coefficient (Wildman–Crippen LogP) is 3.62. The first kappa shape index (κ1) is 17.9. The summed E-state index contributed by atoms with van der Waals surface area (Å²) in [6, 6.07) is 8.37. The van der Waals surface area contributed by atoms with Crippen LogP contribution in [0.2, 0.25) is 0 Å². The lowest BCUT2D eigenvalue weighted by atomic mass is 10.1. The van der Waals surface area contributed by atoms with Crippen LogP contribution in [0, 0.1) is 6.92 Å². The molecule has 0 saturated carbocycles. The number of aliphatic hydroxyl groups excluding tert-OH is 1. The molecule has 0 radical (unpaired) electrons. The van der Waals surface area contributed by atoms with Gasteiger partial charge in [0.15, 0.2) is 0 Å². The van der Waals surface area contributed by atoms with Crippen molar-refractivity contribution < 1.29 is 19.1 Å². The highest BCUT2D eigenvalue weighted by molar-refractivity contribution is 5.89. The summed E-state index contributed by atoms with van der Waals surface area (Å²) in [5, 5.41) is 15.6. The molecule has 2 atom stereocenters. The van der Waals surface area contributed by atoms with E-state index in [9.17, 15) is 9.90 Å². The molecule has 0 aliphatic carbocycles. The van der Waals surface area contributed by atoms with Crippen LogP contribution in [0.3, 0.4) is 0 Å². The summed E-state index contributed by atoms with van der Waals surface area (Å²) >= 11 is 0. The van der Waals surface area contributed by atoms with E-state index in [1.807, 2.05) is 32.9 Å². The number of anilines is 1. The van der Waals surface area contributed by atoms with Crippen molar-refractivity contribution in [2.45, 2.75) is 39.3 Å². The van der Waals surface area contributed by atoms with E-state index in [1.165, 1.54) is 6.26 Å². The van der Waals surface area contributed by atoms with E-state index in [0.717, 1.165) is 11.3 Å². The van der Waals surface area contributed by atoms with Crippen molar-refractivity contribution in [1.82, 2.24) is 5.32 Å². The number of ether oxygens (including phenoxy) is 1. The molecule has 0 spiro atoms. The van der Waals surface area contributed by atoms with Gasteiger partial charge in [0.2, 0.25) is 0 Å². The third-order valence-electron chi connectivity index (χ3n) is 3.56. The number of hydrogen-bond acceptors (Lipinski definition) is 4. The zero-order chi connectivity index (χ0) is 17.5. The van der Waals surface area contributed by atoms with Crippen LogP contribution in [-0.4, -0.2) is 23.8 Å². The SMILES string of the molecule is CCOc1ccc(NC(=O)NC(C)CC(O)c2ccco2)cc1C. The number of furan rings is 1. The maximum atomic E-state index is 12.1. The zero-order valence-electron chi connectivity index (χ0n) is 14.2. The van der Waals surface area contributed by atoms with Crippen molar-refractivity contribution in [3.63, 3.8) is 0 Å². The van der Waals surface area contributed by atoms with Crippen LogP contribution in [0.25, 0.3) is 0 Å². The summed E-state index contributed by atoms with van der Waals surface area (Å²) in [5.41, 5.74) is 1.64. The quantitative estimate of drug-likeness (QED) is 0.723. The number of amides is 2. The molecule has 0 aliphatic heterocycles. The van der Waals surface area contributed by atoms with Gasteiger partial charge in [-0.05, 0) is 56.7 Å². The second kappa shape index (κ2) is 8.40. The van der Waals surface area contributed by atoms with Gasteiger partial charge in [0.25, 0.3) is 0 Å². The molecular formula is C18H24N2O4. The number of rotatable bonds is 7. The number of aryl methyl sites for hydroxylation is 1. The molecule has 2 rings (SSSR count). The number of hydrogen-bond donors (Lipinski definition) is 3. The minimum absolute atomic E-state index is 0.214. The fraction of sp³-hybridized carbons (Fsp3) is 0.389. The second-order valence-electron chi connectivity index (χ2n) is 5.68. The average molecular weight is 332 g/mol. The van der Waals surface area contributed by atoms with Crippen LogP contribution < -0.4 is 15.4 Å². The van der Waals surface area contributed by atoms with Gasteiger partial charge in [-0.25, -0.2) is 4.79 Å². The van der Waals surface area contributed by atoms with Gasteiger partial charge in [0.05, 0.1) is 12.9 Å². The van der Waals surface area contributed by atoms with Crippen LogP contribution >= 0.6 is 0 Å². The number of urea groups is 1. The molecule has 1 heterocycles. The first-order chi connectivity index (χ1) is 11.5. The Bertz CT molecular complexity index is 655. The molecule has 130 valence electrons. The summed E-state index contributed by atoms with van der Waals surface area (Å²) in [5.74, 6) is 1.30. The Balaban J connectivity index is 1.85. The molecule has 0 bridgehead atoms. The van der Waals surface area contributed by atoms with Crippen molar-refractivity contribution in [1.29, 1.82) is 0 Å². The monoisotopic (exact) mass is 332 g/mol. The van der Waals surface area contributed by atoms with E-state index in [0.29, 0.717) is 24.5 Å². The Morgan fingerprint density at radius 1 is 1.38 bits per heavy atom. The highest BCUT2D eigenvalue weighted by Gasteiger charge is 2.16. The summed E-state index contributed by atoms with van der Waals surface area (Å²) < 4.78 is 10.6. The number of carbonyl (C=O) groups is 1. The summed E-state index contributed by atoms with van der Waals surface area (Å²) in [6.07, 6.45) is 1.13. The summed E-state index contributed by atoms with van der Waals surface area (Å²) in [4.78, 5) is 12.1. The molecule has 2 amide bonds. The van der Waals surface area contributed by atoms with Crippen molar-refractivity contribution in [3.8, 4) is 5.75 Å². The maximum absolute atomic E-state index is 12.1. The Hall–Kier alpha value is -2.47. The van der Waals surface area contributed by atoms with Crippen molar-refractivity contribution >= 4 is 11.7 Å². The normalized spacial score (nSPS) is 13.2. The topological polar surface area (TPSA) is 83.7 Å². The van der Waals surface area contributed by atoms with Crippen LogP contribution in [0.4, 0.5) is 10.5 Å². The Kier molecular flexibility index (Phi) is 6.26. The highest BCUT2D eigenvalue weighted by Crippen LogP contribution is 2.22. The minimum atomic E-state index is -0.747. The standard InChI is InChI=1S/C18H24N2O4/c1-4-23-16-8-7-14(10-12(16)2)20-18(22)19-13(3)11-15(21)17-6-5-9-24-17/h5-10,13,15,21H,4,11H2,1-3H3,(H2,19,20,22). The zero-order valence-corrected chi connectivity index (χ0v) is 14.2. The molecular weight excluding hydrogens is 308 g/mol. The van der Waals surface area contributed by atoms with Gasteiger partial charge in [-0.1, -0.05) is 0 Å². The van der Waals surface area contributed by atoms with E-state index in [2.05, 4.69) is 10.6 Å². The lowest BCUT2D eigenvalue weighted by Crippen LogP contribution is -2.37. The lowest BCUT2D eigenvalue weighted by Gasteiger charge is -2.17. The first-order valence-corrected chi connectivity index (χ1v) is 8.02. The fourth-order valence-electron chi connectivity index (χ4n) is 2.43. The van der Waals surface area contributed by atoms with Gasteiger partial charge >= 0.3 is 6.03 Å². The largest absolute Gasteiger partial charge is 0.494 e. The molecule has 6 heteroatoms. The van der Waals surface area contributed by atoms with E-state index in [-0.39, 0.29) is 12.1 Å². The number of benzene rings is 1. The van der Waals surface area contributed by atoms with Crippen LogP contribution in [-0.2, 0) is 0 Å². The molecule has 6 nitrogen and oxygen atoms in total. The third-order valence-corrected chi connectivity index (χ3v) is 3.56. The predicted molar refractivity (Wildman–Crippen MR) is 92.2 cm³/mol. The molecule has 24 heavy (non-hydrogen) atoms. The number of aliphatic hydroxyl groups is 1.